The van der Waals surface area contributed by atoms with Crippen LogP contribution in [0.3, 0.4) is 0 Å². The quantitative estimate of drug-likeness (QED) is 0.408. The van der Waals surface area contributed by atoms with E-state index in [0.717, 1.165) is 17.8 Å². The molecule has 5 aromatic heterocycles. The number of nitrogens with zero attached hydrogens (tertiary/aromatic N) is 7. The number of nitrogens with one attached hydrogen (secondary N) is 1. The maximum atomic E-state index is 13.1. The van der Waals surface area contributed by atoms with Gasteiger partial charge in [0, 0.05) is 47.5 Å². The minimum absolute atomic E-state index is 0.0856. The minimum atomic E-state index is -4.58. The number of hydrogen-bond acceptors (Lipinski definition) is 7. The fourth-order valence-electron chi connectivity index (χ4n) is 3.50. The van der Waals surface area contributed by atoms with Crippen LogP contribution in [0.2, 0.25) is 0 Å². The first-order valence-corrected chi connectivity index (χ1v) is 10.2. The molecule has 1 amide bonds. The minimum Gasteiger partial charge on any atom is -0.323 e. The van der Waals surface area contributed by atoms with Crippen LogP contribution in [-0.2, 0) is 17.5 Å². The second-order valence-corrected chi connectivity index (χ2v) is 7.40. The van der Waals surface area contributed by atoms with Crippen LogP contribution in [0.4, 0.5) is 19.0 Å². The monoisotopic (exact) mass is 476 g/mol. The number of pyridine rings is 2. The van der Waals surface area contributed by atoms with Gasteiger partial charge in [-0.2, -0.15) is 13.2 Å². The number of fused-ring (bicyclic) bond motifs is 1. The highest BCUT2D eigenvalue weighted by Gasteiger charge is 2.32. The molecule has 0 spiro atoms. The van der Waals surface area contributed by atoms with Crippen LogP contribution in [0.5, 0.6) is 0 Å². The molecule has 0 aromatic carbocycles. The van der Waals surface area contributed by atoms with E-state index >= 15 is 0 Å². The summed E-state index contributed by atoms with van der Waals surface area (Å²) in [5.74, 6) is -0.00318. The Morgan fingerprint density at radius 1 is 0.914 bits per heavy atom. The van der Waals surface area contributed by atoms with Gasteiger partial charge >= 0.3 is 6.18 Å². The Labute approximate surface area is 195 Å². The van der Waals surface area contributed by atoms with E-state index in [1.54, 1.807) is 53.8 Å². The molecular weight excluding hydrogens is 461 g/mol. The molecular formula is C23H15F3N8O. The summed E-state index contributed by atoms with van der Waals surface area (Å²) in [6.45, 7) is -0.0856. The highest BCUT2D eigenvalue weighted by atomic mass is 19.4. The van der Waals surface area contributed by atoms with Crippen molar-refractivity contribution in [3.05, 3.63) is 79.5 Å². The summed E-state index contributed by atoms with van der Waals surface area (Å²) in [4.78, 5) is 36.8. The van der Waals surface area contributed by atoms with Gasteiger partial charge in [-0.15, -0.1) is 0 Å². The molecule has 0 fully saturated rings. The highest BCUT2D eigenvalue weighted by molar-refractivity contribution is 5.94. The molecule has 12 heteroatoms. The molecule has 0 aliphatic rings. The van der Waals surface area contributed by atoms with E-state index in [9.17, 15) is 18.0 Å². The van der Waals surface area contributed by atoms with E-state index in [1.807, 2.05) is 0 Å². The molecule has 0 saturated heterocycles. The average Bonchev–Trinajstić information content (AvgIpc) is 3.27. The van der Waals surface area contributed by atoms with Gasteiger partial charge in [-0.1, -0.05) is 0 Å². The fraction of sp³-hybridized carbons (Fsp3) is 0.0870. The van der Waals surface area contributed by atoms with E-state index in [0.29, 0.717) is 28.2 Å². The van der Waals surface area contributed by atoms with E-state index in [2.05, 4.69) is 35.2 Å². The van der Waals surface area contributed by atoms with Crippen molar-refractivity contribution in [1.82, 2.24) is 34.5 Å². The van der Waals surface area contributed by atoms with Crippen molar-refractivity contribution >= 4 is 22.8 Å². The lowest BCUT2D eigenvalue weighted by Gasteiger charge is -2.09. The first-order chi connectivity index (χ1) is 16.9. The summed E-state index contributed by atoms with van der Waals surface area (Å²) in [7, 11) is 0. The van der Waals surface area contributed by atoms with E-state index < -0.39 is 11.9 Å². The molecule has 0 aliphatic carbocycles. The molecule has 174 valence electrons. The van der Waals surface area contributed by atoms with Crippen LogP contribution >= 0.6 is 0 Å². The van der Waals surface area contributed by atoms with E-state index in [-0.39, 0.29) is 18.0 Å². The Bertz CT molecular complexity index is 1500. The molecule has 1 N–H and O–H groups in total. The Kier molecular flexibility index (Phi) is 5.61. The van der Waals surface area contributed by atoms with Gasteiger partial charge in [-0.05, 0) is 30.3 Å². The van der Waals surface area contributed by atoms with Gasteiger partial charge in [-0.25, -0.2) is 15.0 Å². The van der Waals surface area contributed by atoms with Crippen molar-refractivity contribution in [1.29, 1.82) is 0 Å². The molecule has 0 radical (unpaired) electrons. The van der Waals surface area contributed by atoms with Crippen molar-refractivity contribution in [3.8, 4) is 22.5 Å². The van der Waals surface area contributed by atoms with Gasteiger partial charge < -0.3 is 9.88 Å². The maximum absolute atomic E-state index is 13.1. The zero-order valence-corrected chi connectivity index (χ0v) is 17.8. The third-order valence-corrected chi connectivity index (χ3v) is 5.08. The fourth-order valence-corrected chi connectivity index (χ4v) is 3.50. The number of aromatic nitrogens is 7. The lowest BCUT2D eigenvalue weighted by atomic mass is 10.1. The van der Waals surface area contributed by atoms with Crippen molar-refractivity contribution in [2.75, 3.05) is 5.32 Å². The Morgan fingerprint density at radius 3 is 2.54 bits per heavy atom. The number of alkyl halides is 3. The van der Waals surface area contributed by atoms with Crippen LogP contribution in [0, 0.1) is 0 Å². The van der Waals surface area contributed by atoms with Crippen LogP contribution in [0.25, 0.3) is 33.5 Å². The maximum Gasteiger partial charge on any atom is 0.433 e. The van der Waals surface area contributed by atoms with Gasteiger partial charge in [0.2, 0.25) is 5.91 Å². The van der Waals surface area contributed by atoms with Crippen molar-refractivity contribution in [2.45, 2.75) is 12.7 Å². The Morgan fingerprint density at radius 2 is 1.80 bits per heavy atom. The average molecular weight is 476 g/mol. The van der Waals surface area contributed by atoms with Gasteiger partial charge in [0.05, 0.1) is 17.6 Å². The molecule has 0 saturated carbocycles. The lowest BCUT2D eigenvalue weighted by molar-refractivity contribution is -0.141. The van der Waals surface area contributed by atoms with Crippen LogP contribution in [0.15, 0.2) is 73.8 Å². The molecule has 5 rings (SSSR count). The summed E-state index contributed by atoms with van der Waals surface area (Å²) in [5.41, 5.74) is 1.35. The molecule has 0 bridgehead atoms. The first kappa shape index (κ1) is 22.1. The Balaban J connectivity index is 1.35. The first-order valence-electron chi connectivity index (χ1n) is 10.2. The topological polar surface area (TPSA) is 111 Å². The second kappa shape index (κ2) is 8.89. The van der Waals surface area contributed by atoms with Gasteiger partial charge in [-0.3, -0.25) is 19.7 Å². The van der Waals surface area contributed by atoms with Gasteiger partial charge in [0.15, 0.2) is 0 Å². The summed E-state index contributed by atoms with van der Waals surface area (Å²) >= 11 is 0. The predicted molar refractivity (Wildman–Crippen MR) is 120 cm³/mol. The number of hydrogen-bond donors (Lipinski definition) is 1. The molecule has 0 aliphatic heterocycles. The lowest BCUT2D eigenvalue weighted by Crippen LogP contribution is -2.19. The third-order valence-electron chi connectivity index (χ3n) is 5.08. The second-order valence-electron chi connectivity index (χ2n) is 7.40. The smallest absolute Gasteiger partial charge is 0.323 e. The SMILES string of the molecule is O=C(Cn1ccc2c(-c3ccnc(C(F)(F)F)c3)ncnc21)Nc1ccc(-c2cnccn2)cn1. The summed E-state index contributed by atoms with van der Waals surface area (Å²) in [6, 6.07) is 7.44. The van der Waals surface area contributed by atoms with Crippen LogP contribution in [0.1, 0.15) is 5.69 Å². The number of carbonyl (C=O) groups is 1. The molecule has 35 heavy (non-hydrogen) atoms. The number of anilines is 1. The summed E-state index contributed by atoms with van der Waals surface area (Å²) < 4.78 is 40.8. The van der Waals surface area contributed by atoms with E-state index in [1.165, 1.54) is 12.4 Å². The zero-order chi connectivity index (χ0) is 24.4. The predicted octanol–water partition coefficient (Wildman–Crippen LogP) is 4.00. The highest BCUT2D eigenvalue weighted by Crippen LogP contribution is 2.32. The standard InChI is InChI=1S/C23H15F3N8O/c24-23(25,26)18-9-14(3-5-29-18)21-16-4-8-34(22(16)32-13-31-21)12-20(35)33-19-2-1-15(10-30-19)17-11-27-6-7-28-17/h1-11,13H,12H2,(H,30,33,35). The molecule has 5 heterocycles. The number of amides is 1. The van der Waals surface area contributed by atoms with Crippen LogP contribution in [-0.4, -0.2) is 40.4 Å². The van der Waals surface area contributed by atoms with Crippen LogP contribution < -0.4 is 5.32 Å². The van der Waals surface area contributed by atoms with Crippen molar-refractivity contribution in [3.63, 3.8) is 0 Å². The van der Waals surface area contributed by atoms with Crippen molar-refractivity contribution < 1.29 is 18.0 Å². The number of carbonyl (C=O) groups excluding carboxylic acids is 1. The molecule has 9 nitrogen and oxygen atoms in total. The Hall–Kier alpha value is -4.74. The molecule has 0 unspecified atom stereocenters. The van der Waals surface area contributed by atoms with E-state index in [4.69, 9.17) is 0 Å². The normalized spacial score (nSPS) is 11.5. The number of rotatable bonds is 5. The summed E-state index contributed by atoms with van der Waals surface area (Å²) in [6.07, 6.45) is 5.70. The largest absolute Gasteiger partial charge is 0.433 e. The zero-order valence-electron chi connectivity index (χ0n) is 17.8. The van der Waals surface area contributed by atoms with Gasteiger partial charge in [0.1, 0.15) is 30.0 Å². The number of halogens is 3. The molecule has 5 aromatic rings. The summed E-state index contributed by atoms with van der Waals surface area (Å²) in [5, 5.41) is 3.22. The third kappa shape index (κ3) is 4.67. The molecule has 0 atom stereocenters. The van der Waals surface area contributed by atoms with Gasteiger partial charge in [0.25, 0.3) is 0 Å². The van der Waals surface area contributed by atoms with Crippen molar-refractivity contribution in [2.24, 2.45) is 0 Å².